The number of aliphatic hydroxyl groups excluding tert-OH is 1. The van der Waals surface area contributed by atoms with Gasteiger partial charge in [-0.1, -0.05) is 63.3 Å². The molecular formula is C54H53F11O10S. The Kier molecular flexibility index (Phi) is 17.2. The van der Waals surface area contributed by atoms with Crippen molar-refractivity contribution in [1.82, 2.24) is 0 Å². The van der Waals surface area contributed by atoms with Gasteiger partial charge >= 0.3 is 24.6 Å². The average Bonchev–Trinajstić information content (AvgIpc) is 3.80. The van der Waals surface area contributed by atoms with Gasteiger partial charge in [0.05, 0.1) is 11.0 Å². The lowest BCUT2D eigenvalue weighted by molar-refractivity contribution is -0.286. The third-order valence-electron chi connectivity index (χ3n) is 13.0. The number of ether oxygens (including phenoxy) is 6. The Bertz CT molecular complexity index is 2980. The topological polar surface area (TPSA) is 130 Å². The lowest BCUT2D eigenvalue weighted by Gasteiger charge is -2.33. The van der Waals surface area contributed by atoms with Gasteiger partial charge < -0.3 is 33.5 Å². The highest BCUT2D eigenvalue weighted by Gasteiger charge is 2.46. The smallest absolute Gasteiger partial charge is 0.429 e. The summed E-state index contributed by atoms with van der Waals surface area (Å²) in [6.45, 7) is 6.98. The summed E-state index contributed by atoms with van der Waals surface area (Å²) in [4.78, 5) is -0.0666. The van der Waals surface area contributed by atoms with Crippen LogP contribution in [0.1, 0.15) is 119 Å². The van der Waals surface area contributed by atoms with Crippen LogP contribution in [0.4, 0.5) is 48.3 Å². The molecule has 2 aliphatic carbocycles. The van der Waals surface area contributed by atoms with E-state index in [1.807, 2.05) is 19.9 Å². The number of rotatable bonds is 13. The fourth-order valence-corrected chi connectivity index (χ4v) is 9.94. The van der Waals surface area contributed by atoms with Gasteiger partial charge in [-0.25, -0.2) is 17.6 Å². The molecule has 0 saturated heterocycles. The number of aryl methyl sites for hydroxylation is 1. The summed E-state index contributed by atoms with van der Waals surface area (Å²) in [5, 5.41) is 10.4. The highest BCUT2D eigenvalue weighted by molar-refractivity contribution is 7.85. The molecule has 5 atom stereocenters. The first-order valence-corrected chi connectivity index (χ1v) is 25.7. The molecule has 10 nitrogen and oxygen atoms in total. The van der Waals surface area contributed by atoms with Crippen LogP contribution in [0.2, 0.25) is 0 Å². The number of allylic oxidation sites excluding steroid dienone is 2. The molecule has 0 spiro atoms. The lowest BCUT2D eigenvalue weighted by Crippen LogP contribution is -2.29. The summed E-state index contributed by atoms with van der Waals surface area (Å²) >= 11 is 0. The van der Waals surface area contributed by atoms with Crippen LogP contribution in [0.3, 0.4) is 0 Å². The number of halogens is 11. The molecule has 1 fully saturated rings. The molecule has 4 aliphatic rings. The van der Waals surface area contributed by atoms with Crippen LogP contribution in [0.5, 0.6) is 34.5 Å². The minimum absolute atomic E-state index is 0.00527. The molecule has 0 bridgehead atoms. The zero-order chi connectivity index (χ0) is 55.5. The van der Waals surface area contributed by atoms with Gasteiger partial charge in [0, 0.05) is 25.0 Å². The normalized spacial score (nSPS) is 21.6. The van der Waals surface area contributed by atoms with Gasteiger partial charge in [0.25, 0.3) is 10.1 Å². The highest BCUT2D eigenvalue weighted by Crippen LogP contribution is 2.47. The summed E-state index contributed by atoms with van der Waals surface area (Å²) in [5.41, 5.74) is -1.07. The molecule has 0 aromatic heterocycles. The number of fused-ring (bicyclic) bond motifs is 2. The third kappa shape index (κ3) is 14.0. The summed E-state index contributed by atoms with van der Waals surface area (Å²) < 4.78 is 214. The zero-order valence-corrected chi connectivity index (χ0v) is 42.1. The molecule has 2 N–H and O–H groups in total. The molecule has 5 aromatic rings. The minimum Gasteiger partial charge on any atom is -0.429 e. The van der Waals surface area contributed by atoms with E-state index in [0.29, 0.717) is 37.2 Å². The van der Waals surface area contributed by atoms with E-state index in [1.165, 1.54) is 18.2 Å². The van der Waals surface area contributed by atoms with Gasteiger partial charge in [-0.15, -0.1) is 8.78 Å². The van der Waals surface area contributed by atoms with Gasteiger partial charge in [-0.2, -0.15) is 30.4 Å². The molecule has 9 rings (SSSR count). The first kappa shape index (κ1) is 57.4. The fourth-order valence-electron chi connectivity index (χ4n) is 9.46. The van der Waals surface area contributed by atoms with Crippen LogP contribution < -0.4 is 28.4 Å². The molecule has 2 heterocycles. The molecule has 5 aromatic carbocycles. The zero-order valence-electron chi connectivity index (χ0n) is 41.3. The van der Waals surface area contributed by atoms with E-state index in [9.17, 15) is 61.8 Å². The van der Waals surface area contributed by atoms with Crippen LogP contribution in [0, 0.1) is 42.0 Å². The molecule has 1 saturated carbocycles. The van der Waals surface area contributed by atoms with E-state index in [2.05, 4.69) is 25.9 Å². The summed E-state index contributed by atoms with van der Waals surface area (Å²) in [7, 11) is -4.02. The third-order valence-corrected chi connectivity index (χ3v) is 13.9. The van der Waals surface area contributed by atoms with Crippen LogP contribution in [-0.4, -0.2) is 36.5 Å². The van der Waals surface area contributed by atoms with E-state index in [-0.39, 0.29) is 27.5 Å². The first-order chi connectivity index (χ1) is 35.6. The van der Waals surface area contributed by atoms with E-state index < -0.39 is 104 Å². The molecule has 76 heavy (non-hydrogen) atoms. The Balaban J connectivity index is 0.000000185. The van der Waals surface area contributed by atoms with Crippen molar-refractivity contribution in [3.63, 3.8) is 0 Å². The van der Waals surface area contributed by atoms with E-state index in [4.69, 9.17) is 14.0 Å². The Morgan fingerprint density at radius 2 is 1.14 bits per heavy atom. The summed E-state index contributed by atoms with van der Waals surface area (Å²) in [6, 6.07) is 12.6. The molecule has 0 amide bonds. The maximum atomic E-state index is 14.7. The van der Waals surface area contributed by atoms with Crippen molar-refractivity contribution in [1.29, 1.82) is 0 Å². The highest BCUT2D eigenvalue weighted by atomic mass is 32.2. The van der Waals surface area contributed by atoms with Crippen molar-refractivity contribution in [3.8, 4) is 34.5 Å². The Hall–Kier alpha value is -6.26. The van der Waals surface area contributed by atoms with E-state index in [0.717, 1.165) is 112 Å². The quantitative estimate of drug-likeness (QED) is 0.0868. The second-order valence-electron chi connectivity index (χ2n) is 18.9. The van der Waals surface area contributed by atoms with Crippen molar-refractivity contribution in [2.24, 2.45) is 11.8 Å². The Morgan fingerprint density at radius 3 is 1.64 bits per heavy atom. The second kappa shape index (κ2) is 22.8. The number of hydrogen-bond donors (Lipinski definition) is 2. The van der Waals surface area contributed by atoms with Gasteiger partial charge in [-0.05, 0) is 135 Å². The van der Waals surface area contributed by atoms with E-state index >= 15 is 0 Å². The van der Waals surface area contributed by atoms with Crippen LogP contribution in [0.15, 0.2) is 95.9 Å². The average molecular weight is 1100 g/mol. The summed E-state index contributed by atoms with van der Waals surface area (Å²) in [6.07, 6.45) is -3.52. The summed E-state index contributed by atoms with van der Waals surface area (Å²) in [5.74, 6) is -7.85. The first-order valence-electron chi connectivity index (χ1n) is 24.2. The van der Waals surface area contributed by atoms with Gasteiger partial charge in [0.2, 0.25) is 0 Å². The number of aliphatic hydroxyl groups is 1. The Labute approximate surface area is 431 Å². The largest absolute Gasteiger partial charge is 0.586 e. The van der Waals surface area contributed by atoms with Crippen molar-refractivity contribution < 1.29 is 94.8 Å². The van der Waals surface area contributed by atoms with Crippen molar-refractivity contribution in [3.05, 3.63) is 142 Å². The lowest BCUT2D eigenvalue weighted by atomic mass is 9.75. The van der Waals surface area contributed by atoms with Crippen LogP contribution >= 0.6 is 0 Å². The molecular weight excluding hydrogens is 1050 g/mol. The Morgan fingerprint density at radius 1 is 0.658 bits per heavy atom. The molecule has 412 valence electrons. The maximum absolute atomic E-state index is 14.7. The fraction of sp³-hybridized carbons (Fsp3) is 0.407. The van der Waals surface area contributed by atoms with E-state index in [1.54, 1.807) is 12.1 Å². The molecule has 5 unspecified atom stereocenters. The predicted molar refractivity (Wildman–Crippen MR) is 254 cm³/mol. The van der Waals surface area contributed by atoms with Gasteiger partial charge in [-0.3, -0.25) is 4.55 Å². The van der Waals surface area contributed by atoms with Gasteiger partial charge in [0.1, 0.15) is 45.9 Å². The second-order valence-corrected chi connectivity index (χ2v) is 20.3. The van der Waals surface area contributed by atoms with Gasteiger partial charge in [0.15, 0.2) is 23.0 Å². The van der Waals surface area contributed by atoms with Crippen molar-refractivity contribution in [2.45, 2.75) is 133 Å². The number of hydrogen-bond acceptors (Lipinski definition) is 9. The molecule has 2 aliphatic heterocycles. The monoisotopic (exact) mass is 1100 g/mol. The maximum Gasteiger partial charge on any atom is 0.586 e. The number of benzene rings is 5. The minimum atomic E-state index is -4.46. The molecule has 0 radical (unpaired) electrons. The predicted octanol–water partition coefficient (Wildman–Crippen LogP) is 15.2. The van der Waals surface area contributed by atoms with Crippen molar-refractivity contribution in [2.75, 3.05) is 0 Å². The standard InChI is InChI=1S/C24H23F5O3.C23H22F6O4.C7H8O3S/c1-3-4-14-5-7-15(8-6-14)16-11-18(25)22(19(26)12-16)24(28,29)30-17-9-10-20-21(13-17)32-23(2,27)31-20;1-2-3-12-4-6-15(18(30)8-12)13-9-16(24)21(17(25)10-13)22(26,27)31-14-5-7-19-20(11-14)33-23(28,29)32-19;1-6-2-4-7(5-3-6)11(8,9)10/h7,9-14H,3-6,8H2,1-2H3;5,7,9-12,15,18,30H,2-4,6,8H2,1H3;2-5H,1H3,(H,8,9,10). The van der Waals surface area contributed by atoms with Crippen LogP contribution in [-0.2, 0) is 22.3 Å². The van der Waals surface area contributed by atoms with Crippen LogP contribution in [0.25, 0.3) is 5.57 Å². The van der Waals surface area contributed by atoms with Crippen molar-refractivity contribution >= 4 is 15.7 Å². The SMILES string of the molecule is CCCC1CC=C(c2cc(F)c(C(F)(F)Oc3ccc4c(c3)OC(C)(F)O4)c(F)c2)CC1.CCCC1CCC(c2cc(F)c(C(F)(F)Oc3ccc4c(c3)OC(F)(F)O4)c(F)c2)C(O)C1.Cc1ccc(S(=O)(=O)O)cc1. The molecule has 22 heteroatoms. The number of alkyl halides is 7.